The second kappa shape index (κ2) is 8.96. The molecule has 1 amide bonds. The van der Waals surface area contributed by atoms with Crippen molar-refractivity contribution in [1.29, 1.82) is 0 Å². The number of benzene rings is 2. The first-order valence-corrected chi connectivity index (χ1v) is 10.6. The number of hydrazone groups is 1. The van der Waals surface area contributed by atoms with Crippen LogP contribution in [0.1, 0.15) is 43.4 Å². The number of carbonyl (C=O) groups is 1. The Bertz CT molecular complexity index is 903. The molecule has 4 rings (SSSR count). The molecule has 0 aliphatic carbocycles. The van der Waals surface area contributed by atoms with E-state index in [9.17, 15) is 9.18 Å². The number of amides is 1. The number of hydrogen-bond acceptors (Lipinski definition) is 4. The molecule has 0 bridgehead atoms. The molecule has 5 nitrogen and oxygen atoms in total. The lowest BCUT2D eigenvalue weighted by Crippen LogP contribution is -2.41. The van der Waals surface area contributed by atoms with Crippen molar-refractivity contribution in [1.82, 2.24) is 9.91 Å². The van der Waals surface area contributed by atoms with Crippen LogP contribution in [0.2, 0.25) is 0 Å². The third-order valence-corrected chi connectivity index (χ3v) is 6.08. The van der Waals surface area contributed by atoms with Crippen LogP contribution in [0.25, 0.3) is 0 Å². The monoisotopic (exact) mass is 409 g/mol. The van der Waals surface area contributed by atoms with Crippen LogP contribution in [0, 0.1) is 11.7 Å². The maximum Gasteiger partial charge on any atom is 0.257 e. The van der Waals surface area contributed by atoms with Crippen LogP contribution >= 0.6 is 0 Å². The highest BCUT2D eigenvalue weighted by Crippen LogP contribution is 2.34. The van der Waals surface area contributed by atoms with Crippen LogP contribution in [0.15, 0.2) is 53.6 Å². The molecule has 2 aromatic rings. The van der Waals surface area contributed by atoms with Crippen LogP contribution in [0.4, 0.5) is 4.39 Å². The van der Waals surface area contributed by atoms with Gasteiger partial charge in [-0.1, -0.05) is 31.2 Å². The maximum atomic E-state index is 13.4. The molecule has 1 unspecified atom stereocenters. The van der Waals surface area contributed by atoms with E-state index in [-0.39, 0.29) is 17.8 Å². The summed E-state index contributed by atoms with van der Waals surface area (Å²) in [5.41, 5.74) is 2.66. The molecule has 1 fully saturated rings. The minimum atomic E-state index is -0.281. The van der Waals surface area contributed by atoms with Gasteiger partial charge in [-0.05, 0) is 67.2 Å². The number of rotatable bonds is 5. The Kier molecular flexibility index (Phi) is 6.13. The molecule has 0 spiro atoms. The number of piperidine rings is 1. The largest absolute Gasteiger partial charge is 0.497 e. The Hall–Kier alpha value is -2.73. The van der Waals surface area contributed by atoms with Crippen LogP contribution in [0.3, 0.4) is 0 Å². The molecule has 2 aliphatic heterocycles. The van der Waals surface area contributed by atoms with Gasteiger partial charge in [-0.25, -0.2) is 9.40 Å². The number of likely N-dealkylation sites (tertiary alicyclic amines) is 1. The zero-order valence-electron chi connectivity index (χ0n) is 17.6. The zero-order chi connectivity index (χ0) is 21.1. The second-order valence-electron chi connectivity index (χ2n) is 8.24. The fourth-order valence-corrected chi connectivity index (χ4v) is 4.13. The van der Waals surface area contributed by atoms with Gasteiger partial charge in [0.25, 0.3) is 5.91 Å². The van der Waals surface area contributed by atoms with Crippen molar-refractivity contribution in [3.8, 4) is 5.75 Å². The van der Waals surface area contributed by atoms with Crippen LogP contribution in [-0.2, 0) is 4.79 Å². The van der Waals surface area contributed by atoms with E-state index in [2.05, 4.69) is 16.9 Å². The first-order valence-electron chi connectivity index (χ1n) is 10.6. The third-order valence-electron chi connectivity index (χ3n) is 6.08. The fraction of sp³-hybridized carbons (Fsp3) is 0.417. The fourth-order valence-electron chi connectivity index (χ4n) is 4.13. The third kappa shape index (κ3) is 4.54. The molecule has 1 atom stereocenters. The molecule has 158 valence electrons. The van der Waals surface area contributed by atoms with Crippen molar-refractivity contribution in [2.75, 3.05) is 26.7 Å². The topological polar surface area (TPSA) is 45.1 Å². The SMILES string of the molecule is COc1ccc(C2CC(c3ccc(F)cc3)=NN2C(=O)CN2CCC(C)CC2)cc1. The summed E-state index contributed by atoms with van der Waals surface area (Å²) in [6.07, 6.45) is 2.85. The number of nitrogens with zero attached hydrogens (tertiary/aromatic N) is 3. The molecule has 2 aliphatic rings. The summed E-state index contributed by atoms with van der Waals surface area (Å²) >= 11 is 0. The van der Waals surface area contributed by atoms with Gasteiger partial charge in [0.15, 0.2) is 0 Å². The standard InChI is InChI=1S/C24H28FN3O2/c1-17-11-13-27(14-12-17)16-24(29)28-23(19-5-9-21(30-2)10-6-19)15-22(26-28)18-3-7-20(25)8-4-18/h3-10,17,23H,11-16H2,1-2H3. The number of ether oxygens (including phenoxy) is 1. The van der Waals surface area contributed by atoms with E-state index in [1.165, 1.54) is 12.1 Å². The normalized spacial score (nSPS) is 20.3. The van der Waals surface area contributed by atoms with Crippen molar-refractivity contribution in [2.45, 2.75) is 32.2 Å². The van der Waals surface area contributed by atoms with E-state index >= 15 is 0 Å². The first-order chi connectivity index (χ1) is 14.5. The van der Waals surface area contributed by atoms with E-state index < -0.39 is 0 Å². The molecule has 0 radical (unpaired) electrons. The van der Waals surface area contributed by atoms with Crippen molar-refractivity contribution >= 4 is 11.6 Å². The summed E-state index contributed by atoms with van der Waals surface area (Å²) in [7, 11) is 1.63. The molecule has 6 heteroatoms. The Labute approximate surface area is 177 Å². The molecule has 0 saturated carbocycles. The Morgan fingerprint density at radius 1 is 1.10 bits per heavy atom. The Morgan fingerprint density at radius 3 is 2.40 bits per heavy atom. The predicted octanol–water partition coefficient (Wildman–Crippen LogP) is 4.24. The number of methoxy groups -OCH3 is 1. The Balaban J connectivity index is 1.57. The van der Waals surface area contributed by atoms with Crippen molar-refractivity contribution < 1.29 is 13.9 Å². The predicted molar refractivity (Wildman–Crippen MR) is 115 cm³/mol. The molecule has 2 aromatic carbocycles. The van der Waals surface area contributed by atoms with Gasteiger partial charge < -0.3 is 4.74 Å². The summed E-state index contributed by atoms with van der Waals surface area (Å²) in [6.45, 7) is 4.53. The first kappa shape index (κ1) is 20.5. The van der Waals surface area contributed by atoms with Gasteiger partial charge in [0.05, 0.1) is 25.4 Å². The minimum Gasteiger partial charge on any atom is -0.497 e. The number of halogens is 1. The van der Waals surface area contributed by atoms with Gasteiger partial charge in [0, 0.05) is 6.42 Å². The lowest BCUT2D eigenvalue weighted by atomic mass is 9.98. The van der Waals surface area contributed by atoms with Gasteiger partial charge in [-0.2, -0.15) is 5.10 Å². The molecule has 30 heavy (non-hydrogen) atoms. The van der Waals surface area contributed by atoms with Gasteiger partial charge in [0.2, 0.25) is 0 Å². The lowest BCUT2D eigenvalue weighted by Gasteiger charge is -2.31. The molecule has 1 saturated heterocycles. The molecule has 0 N–H and O–H groups in total. The molecular weight excluding hydrogens is 381 g/mol. The second-order valence-corrected chi connectivity index (χ2v) is 8.24. The average Bonchev–Trinajstić information content (AvgIpc) is 3.21. The summed E-state index contributed by atoms with van der Waals surface area (Å²) in [5.74, 6) is 1.22. The summed E-state index contributed by atoms with van der Waals surface area (Å²) in [4.78, 5) is 15.4. The summed E-state index contributed by atoms with van der Waals surface area (Å²) in [5, 5.41) is 6.31. The van der Waals surface area contributed by atoms with Crippen molar-refractivity contribution in [2.24, 2.45) is 11.0 Å². The average molecular weight is 410 g/mol. The zero-order valence-corrected chi connectivity index (χ0v) is 17.6. The van der Waals surface area contributed by atoms with Gasteiger partial charge in [-0.3, -0.25) is 9.69 Å². The summed E-state index contributed by atoms with van der Waals surface area (Å²) < 4.78 is 18.6. The van der Waals surface area contributed by atoms with Crippen LogP contribution < -0.4 is 4.74 Å². The van der Waals surface area contributed by atoms with Crippen LogP contribution in [-0.4, -0.2) is 48.3 Å². The lowest BCUT2D eigenvalue weighted by molar-refractivity contribution is -0.134. The van der Waals surface area contributed by atoms with E-state index in [0.717, 1.165) is 54.4 Å². The van der Waals surface area contributed by atoms with Crippen molar-refractivity contribution in [3.05, 3.63) is 65.5 Å². The highest BCUT2D eigenvalue weighted by molar-refractivity contribution is 6.03. The summed E-state index contributed by atoms with van der Waals surface area (Å²) in [6, 6.07) is 13.9. The molecular formula is C24H28FN3O2. The Morgan fingerprint density at radius 2 is 1.77 bits per heavy atom. The highest BCUT2D eigenvalue weighted by Gasteiger charge is 2.34. The molecule has 2 heterocycles. The quantitative estimate of drug-likeness (QED) is 0.742. The van der Waals surface area contributed by atoms with Gasteiger partial charge >= 0.3 is 0 Å². The minimum absolute atomic E-state index is 0.00230. The number of hydrogen-bond donors (Lipinski definition) is 0. The van der Waals surface area contributed by atoms with Gasteiger partial charge in [-0.15, -0.1) is 0 Å². The van der Waals surface area contributed by atoms with Crippen molar-refractivity contribution in [3.63, 3.8) is 0 Å². The van der Waals surface area contributed by atoms with Crippen LogP contribution in [0.5, 0.6) is 5.75 Å². The van der Waals surface area contributed by atoms with E-state index in [1.807, 2.05) is 24.3 Å². The highest BCUT2D eigenvalue weighted by atomic mass is 19.1. The van der Waals surface area contributed by atoms with Gasteiger partial charge in [0.1, 0.15) is 11.6 Å². The molecule has 0 aromatic heterocycles. The number of carbonyl (C=O) groups excluding carboxylic acids is 1. The van der Waals surface area contributed by atoms with E-state index in [0.29, 0.717) is 13.0 Å². The van der Waals surface area contributed by atoms with E-state index in [4.69, 9.17) is 4.74 Å². The maximum absolute atomic E-state index is 13.4. The smallest absolute Gasteiger partial charge is 0.257 e. The van der Waals surface area contributed by atoms with E-state index in [1.54, 1.807) is 24.3 Å².